The molecule has 4 nitrogen and oxygen atoms in total. The summed E-state index contributed by atoms with van der Waals surface area (Å²) in [5, 5.41) is 10.1. The molecule has 0 aromatic heterocycles. The quantitative estimate of drug-likeness (QED) is 0.622. The Morgan fingerprint density at radius 3 is 2.14 bits per heavy atom. The van der Waals surface area contributed by atoms with Crippen molar-refractivity contribution in [2.24, 2.45) is 0 Å². The number of hydrogen-bond acceptors (Lipinski definition) is 4. The Morgan fingerprint density at radius 1 is 1.03 bits per heavy atom. The molecule has 1 atom stereocenters. The van der Waals surface area contributed by atoms with Crippen LogP contribution in [0.3, 0.4) is 0 Å². The van der Waals surface area contributed by atoms with E-state index >= 15 is 0 Å². The third-order valence-electron chi connectivity index (χ3n) is 4.09. The van der Waals surface area contributed by atoms with Crippen molar-refractivity contribution in [3.05, 3.63) is 65.2 Å². The first-order valence-electron chi connectivity index (χ1n) is 8.91. The molecule has 0 radical (unpaired) electrons. The van der Waals surface area contributed by atoms with Crippen LogP contribution >= 0.6 is 0 Å². The summed E-state index contributed by atoms with van der Waals surface area (Å²) in [5.74, 6) is -1.10. The normalized spacial score (nSPS) is 13.9. The third-order valence-corrected chi connectivity index (χ3v) is 4.09. The molecule has 0 aliphatic rings. The summed E-state index contributed by atoms with van der Waals surface area (Å²) >= 11 is 0. The molecule has 7 heteroatoms. The van der Waals surface area contributed by atoms with Gasteiger partial charge in [0.25, 0.3) is 0 Å². The van der Waals surface area contributed by atoms with Gasteiger partial charge in [0.1, 0.15) is 16.8 Å². The van der Waals surface area contributed by atoms with Gasteiger partial charge in [-0.15, -0.1) is 13.2 Å². The van der Waals surface area contributed by atoms with Gasteiger partial charge >= 0.3 is 12.3 Å². The number of nitriles is 1. The van der Waals surface area contributed by atoms with E-state index in [2.05, 4.69) is 10.8 Å². The monoisotopic (exact) mass is 405 g/mol. The van der Waals surface area contributed by atoms with Crippen molar-refractivity contribution in [1.29, 1.82) is 5.26 Å². The fourth-order valence-corrected chi connectivity index (χ4v) is 3.00. The summed E-state index contributed by atoms with van der Waals surface area (Å²) in [6.45, 7) is 6.92. The van der Waals surface area contributed by atoms with Crippen molar-refractivity contribution in [3.63, 3.8) is 0 Å². The lowest BCUT2D eigenvalue weighted by atomic mass is 9.73. The molecule has 2 aromatic rings. The Hall–Kier alpha value is -3.01. The number of ether oxygens (including phenoxy) is 2. The van der Waals surface area contributed by atoms with E-state index in [1.807, 2.05) is 13.0 Å². The number of hydrogen-bond donors (Lipinski definition) is 0. The van der Waals surface area contributed by atoms with Crippen LogP contribution in [0.25, 0.3) is 0 Å². The van der Waals surface area contributed by atoms with Crippen molar-refractivity contribution in [2.45, 2.75) is 51.5 Å². The van der Waals surface area contributed by atoms with Crippen LogP contribution in [0.1, 0.15) is 43.9 Å². The zero-order valence-electron chi connectivity index (χ0n) is 16.6. The summed E-state index contributed by atoms with van der Waals surface area (Å²) in [6.07, 6.45) is -5.23. The maximum atomic E-state index is 12.7. The fraction of sp³-hybridized carbons (Fsp3) is 0.364. The molecule has 0 saturated carbocycles. The van der Waals surface area contributed by atoms with Gasteiger partial charge in [-0.2, -0.15) is 5.26 Å². The van der Waals surface area contributed by atoms with Gasteiger partial charge in [0.2, 0.25) is 0 Å². The van der Waals surface area contributed by atoms with Crippen LogP contribution in [0.2, 0.25) is 0 Å². The molecule has 29 heavy (non-hydrogen) atoms. The average molecular weight is 405 g/mol. The highest BCUT2D eigenvalue weighted by Crippen LogP contribution is 2.38. The number of rotatable bonds is 5. The summed E-state index contributed by atoms with van der Waals surface area (Å²) in [6, 6.07) is 14.2. The number of nitrogens with zero attached hydrogens (tertiary/aromatic N) is 1. The van der Waals surface area contributed by atoms with Gasteiger partial charge in [-0.1, -0.05) is 42.0 Å². The van der Waals surface area contributed by atoms with Gasteiger partial charge in [0, 0.05) is 0 Å². The highest BCUT2D eigenvalue weighted by atomic mass is 19.4. The van der Waals surface area contributed by atoms with E-state index in [9.17, 15) is 23.2 Å². The fourth-order valence-electron chi connectivity index (χ4n) is 3.00. The molecule has 0 bridgehead atoms. The number of esters is 1. The topological polar surface area (TPSA) is 59.3 Å². The van der Waals surface area contributed by atoms with Crippen molar-refractivity contribution in [3.8, 4) is 11.8 Å². The van der Waals surface area contributed by atoms with E-state index in [-0.39, 0.29) is 12.0 Å². The second-order valence-corrected chi connectivity index (χ2v) is 7.73. The Bertz CT molecular complexity index is 926. The molecular weight excluding hydrogens is 383 g/mol. The molecule has 1 unspecified atom stereocenters. The van der Waals surface area contributed by atoms with Crippen LogP contribution in [-0.4, -0.2) is 17.9 Å². The molecule has 154 valence electrons. The maximum Gasteiger partial charge on any atom is 0.573 e. The van der Waals surface area contributed by atoms with Crippen molar-refractivity contribution >= 4 is 5.97 Å². The maximum absolute atomic E-state index is 12.7. The predicted molar refractivity (Wildman–Crippen MR) is 101 cm³/mol. The second kappa shape index (κ2) is 8.16. The average Bonchev–Trinajstić information content (AvgIpc) is 2.57. The number of halogens is 3. The lowest BCUT2D eigenvalue weighted by Crippen LogP contribution is -2.33. The molecule has 0 saturated heterocycles. The van der Waals surface area contributed by atoms with Gasteiger partial charge < -0.3 is 9.47 Å². The van der Waals surface area contributed by atoms with E-state index in [0.717, 1.165) is 17.7 Å². The van der Waals surface area contributed by atoms with Crippen molar-refractivity contribution < 1.29 is 27.4 Å². The molecule has 0 heterocycles. The zero-order chi connectivity index (χ0) is 21.9. The number of alkyl halides is 3. The molecule has 0 N–H and O–H groups in total. The number of carbonyl (C=O) groups excluding carboxylic acids is 1. The first-order chi connectivity index (χ1) is 13.3. The minimum Gasteiger partial charge on any atom is -0.460 e. The molecule has 2 rings (SSSR count). The van der Waals surface area contributed by atoms with E-state index in [1.54, 1.807) is 39.0 Å². The standard InChI is InChI=1S/C22H22F3NO3/c1-15-7-5-8-16(11-15)21(14-26,13-19(27)29-20(2,3)4)17-9-6-10-18(12-17)28-22(23,24)25/h5-12H,13H2,1-4H3. The summed E-state index contributed by atoms with van der Waals surface area (Å²) in [7, 11) is 0. The predicted octanol–water partition coefficient (Wildman–Crippen LogP) is 5.44. The molecule has 0 fully saturated rings. The largest absolute Gasteiger partial charge is 0.573 e. The van der Waals surface area contributed by atoms with Gasteiger partial charge in [-0.05, 0) is 51.0 Å². The highest BCUT2D eigenvalue weighted by Gasteiger charge is 2.40. The second-order valence-electron chi connectivity index (χ2n) is 7.73. The van der Waals surface area contributed by atoms with Crippen LogP contribution in [-0.2, 0) is 14.9 Å². The number of benzene rings is 2. The number of aryl methyl sites for hydroxylation is 1. The minimum absolute atomic E-state index is 0.207. The summed E-state index contributed by atoms with van der Waals surface area (Å²) in [4.78, 5) is 12.6. The van der Waals surface area contributed by atoms with Gasteiger partial charge in [0.15, 0.2) is 0 Å². The lowest BCUT2D eigenvalue weighted by molar-refractivity contribution is -0.274. The van der Waals surface area contributed by atoms with Crippen LogP contribution < -0.4 is 4.74 Å². The van der Waals surface area contributed by atoms with Crippen LogP contribution in [0, 0.1) is 18.3 Å². The molecular formula is C22H22F3NO3. The number of carbonyl (C=O) groups is 1. The molecule has 0 aliphatic carbocycles. The molecule has 2 aromatic carbocycles. The molecule has 0 amide bonds. The van der Waals surface area contributed by atoms with Gasteiger partial charge in [-0.25, -0.2) is 0 Å². The smallest absolute Gasteiger partial charge is 0.460 e. The highest BCUT2D eigenvalue weighted by molar-refractivity contribution is 5.75. The zero-order valence-corrected chi connectivity index (χ0v) is 16.6. The Balaban J connectivity index is 2.60. The first-order valence-corrected chi connectivity index (χ1v) is 8.91. The summed E-state index contributed by atoms with van der Waals surface area (Å²) < 4.78 is 47.4. The first kappa shape index (κ1) is 22.3. The summed E-state index contributed by atoms with van der Waals surface area (Å²) in [5.41, 5.74) is -0.784. The minimum atomic E-state index is -4.87. The van der Waals surface area contributed by atoms with Gasteiger partial charge in [-0.3, -0.25) is 4.79 Å². The Labute approximate surface area is 167 Å². The Morgan fingerprint density at radius 2 is 1.62 bits per heavy atom. The lowest BCUT2D eigenvalue weighted by Gasteiger charge is -2.29. The van der Waals surface area contributed by atoms with E-state index in [0.29, 0.717) is 5.56 Å². The van der Waals surface area contributed by atoms with Crippen molar-refractivity contribution in [2.75, 3.05) is 0 Å². The van der Waals surface area contributed by atoms with Crippen molar-refractivity contribution in [1.82, 2.24) is 0 Å². The molecule has 0 aliphatic heterocycles. The molecule has 0 spiro atoms. The SMILES string of the molecule is Cc1cccc(C(C#N)(CC(=O)OC(C)(C)C)c2cccc(OC(F)(F)F)c2)c1. The third kappa shape index (κ3) is 5.98. The van der Waals surface area contributed by atoms with Crippen LogP contribution in [0.15, 0.2) is 48.5 Å². The van der Waals surface area contributed by atoms with E-state index in [4.69, 9.17) is 4.74 Å². The Kier molecular flexibility index (Phi) is 6.27. The van der Waals surface area contributed by atoms with E-state index in [1.165, 1.54) is 12.1 Å². The van der Waals surface area contributed by atoms with Gasteiger partial charge in [0.05, 0.1) is 12.5 Å². The van der Waals surface area contributed by atoms with Crippen LogP contribution in [0.4, 0.5) is 13.2 Å². The van der Waals surface area contributed by atoms with Crippen LogP contribution in [0.5, 0.6) is 5.75 Å². The van der Waals surface area contributed by atoms with E-state index < -0.39 is 29.1 Å².